The molecule has 0 saturated heterocycles. The minimum Gasteiger partial charge on any atom is -0.0544 e. The summed E-state index contributed by atoms with van der Waals surface area (Å²) in [6, 6.07) is 0. The maximum absolute atomic E-state index is 4.17. The average Bonchev–Trinajstić information content (AvgIpc) is 0.811. The van der Waals surface area contributed by atoms with E-state index in [0.29, 0.717) is 0 Å². The van der Waals surface area contributed by atoms with Crippen LogP contribution in [-0.2, 0) is 0 Å². The van der Waals surface area contributed by atoms with Crippen molar-refractivity contribution in [2.45, 2.75) is 0 Å². The highest BCUT2D eigenvalue weighted by Gasteiger charge is 1.64. The Morgan fingerprint density at radius 1 is 1.25 bits per heavy atom. The largest absolute Gasteiger partial charge is 0.163 e. The van der Waals surface area contributed by atoms with E-state index in [0.717, 1.165) is 0 Å². The van der Waals surface area contributed by atoms with E-state index in [1.54, 1.807) is 0 Å². The predicted octanol–water partition coefficient (Wildman–Crippen LogP) is 1.67. The zero-order chi connectivity index (χ0) is 3.58. The van der Waals surface area contributed by atoms with Crippen LogP contribution in [0.3, 0.4) is 0 Å². The first kappa shape index (κ1) is 4.53. The molecule has 0 aromatic rings. The topological polar surface area (TPSA) is 0 Å². The Balaban J connectivity index is 2.80. The first-order valence-corrected chi connectivity index (χ1v) is 1.84. The third-order valence-corrected chi connectivity index (χ3v) is 0. The molecular weight excluding hydrogens is 108 g/mol. The molecule has 0 spiro atoms. The van der Waals surface area contributed by atoms with Crippen molar-refractivity contribution in [3.8, 4) is 0 Å². The maximum atomic E-state index is 4.17. The molecule has 0 amide bonds. The van der Waals surface area contributed by atoms with Gasteiger partial charge in [-0.25, -0.2) is 0 Å². The van der Waals surface area contributed by atoms with Crippen LogP contribution in [0.5, 0.6) is 0 Å². The summed E-state index contributed by atoms with van der Waals surface area (Å²) < 4.78 is 0.167. The van der Waals surface area contributed by atoms with Crippen LogP contribution in [0.1, 0.15) is 0 Å². The smallest absolute Gasteiger partial charge is 0.0544 e. The lowest BCUT2D eigenvalue weighted by Crippen LogP contribution is -1.46. The molecule has 0 fully saturated rings. The molecule has 0 atom stereocenters. The van der Waals surface area contributed by atoms with Gasteiger partial charge in [0.25, 0.3) is 0 Å². The van der Waals surface area contributed by atoms with Gasteiger partial charge < -0.3 is 0 Å². The molecule has 0 aliphatic carbocycles. The zero-order valence-electron chi connectivity index (χ0n) is 1.72. The number of thiocarbonyl (C=S) groups is 1. The summed E-state index contributed by atoms with van der Waals surface area (Å²) >= 11 is 12.5. The van der Waals surface area contributed by atoms with Crippen LogP contribution in [-0.4, -0.2) is 3.53 Å². The monoisotopic (exact) mass is 108 g/mol. The second-order valence-electron chi connectivity index (χ2n) is 0.250. The van der Waals surface area contributed by atoms with E-state index in [4.69, 9.17) is 0 Å². The van der Waals surface area contributed by atoms with Crippen LogP contribution < -0.4 is 0 Å². The van der Waals surface area contributed by atoms with Crippen molar-refractivity contribution in [2.75, 3.05) is 0 Å². The van der Waals surface area contributed by atoms with Gasteiger partial charge in [-0.05, 0) is 0 Å². The summed E-state index contributed by atoms with van der Waals surface area (Å²) in [5, 5.41) is 0. The second kappa shape index (κ2) is 1.81. The molecule has 0 saturated carbocycles. The quantitative estimate of drug-likeness (QED) is 0.425. The van der Waals surface area contributed by atoms with Crippen LogP contribution in [0.25, 0.3) is 0 Å². The Bertz CT molecular complexity index is 26.3. The lowest BCUT2D eigenvalue weighted by molar-refractivity contribution is 4.26. The lowest BCUT2D eigenvalue weighted by atomic mass is 11.9. The Morgan fingerprint density at radius 2 is 1.25 bits per heavy atom. The Labute approximate surface area is 41.4 Å². The molecule has 4 heavy (non-hydrogen) atoms. The first-order chi connectivity index (χ1) is 1.73. The predicted molar refractivity (Wildman–Crippen MR) is 27.8 cm³/mol. The molecule has 22 valence electrons. The Kier molecular flexibility index (Phi) is 2.05. The van der Waals surface area contributed by atoms with Crippen LogP contribution in [0.4, 0.5) is 0 Å². The fourth-order valence-corrected chi connectivity index (χ4v) is 0. The van der Waals surface area contributed by atoms with E-state index in [-0.39, 0.29) is 3.53 Å². The van der Waals surface area contributed by atoms with Gasteiger partial charge in [-0.1, -0.05) is 37.5 Å². The highest BCUT2D eigenvalue weighted by molar-refractivity contribution is 8.34. The minimum atomic E-state index is 0.167. The summed E-state index contributed by atoms with van der Waals surface area (Å²) in [7, 11) is 0. The van der Waals surface area contributed by atoms with E-state index in [1.165, 1.54) is 0 Å². The van der Waals surface area contributed by atoms with Crippen LogP contribution in [0.15, 0.2) is 0 Å². The van der Waals surface area contributed by atoms with E-state index >= 15 is 0 Å². The molecule has 0 aromatic heterocycles. The first-order valence-electron chi connectivity index (χ1n) is 0.612. The third kappa shape index (κ3) is 21.1. The molecular formula is CS3. The number of hydrogen-bond donors (Lipinski definition) is 0. The van der Waals surface area contributed by atoms with Gasteiger partial charge >= 0.3 is 0 Å². The molecule has 0 aliphatic rings. The van der Waals surface area contributed by atoms with E-state index in [1.807, 2.05) is 0 Å². The van der Waals surface area contributed by atoms with Gasteiger partial charge in [0, 0.05) is 0 Å². The van der Waals surface area contributed by atoms with Crippen molar-refractivity contribution in [3.05, 3.63) is 0 Å². The molecule has 0 heterocycles. The molecule has 0 bridgehead atoms. The van der Waals surface area contributed by atoms with Gasteiger partial charge in [-0.15, -0.1) is 0 Å². The maximum Gasteiger partial charge on any atom is 0.163 e. The average molecular weight is 108 g/mol. The molecule has 0 N–H and O–H groups in total. The molecule has 0 aromatic carbocycles. The van der Waals surface area contributed by atoms with Gasteiger partial charge in [0.05, 0.1) is 0 Å². The summed E-state index contributed by atoms with van der Waals surface area (Å²) in [6.07, 6.45) is 0. The van der Waals surface area contributed by atoms with Gasteiger partial charge in [0.15, 0.2) is 3.53 Å². The summed E-state index contributed by atoms with van der Waals surface area (Å²) in [4.78, 5) is 0. The van der Waals surface area contributed by atoms with Crippen LogP contribution in [0, 0.1) is 0 Å². The summed E-state index contributed by atoms with van der Waals surface area (Å²) in [5.41, 5.74) is 0. The number of hydrogen-bond acceptors (Lipinski definition) is 1. The zero-order valence-corrected chi connectivity index (χ0v) is 4.17. The van der Waals surface area contributed by atoms with Crippen LogP contribution >= 0.6 is 37.5 Å². The van der Waals surface area contributed by atoms with Gasteiger partial charge in [0.1, 0.15) is 0 Å². The Morgan fingerprint density at radius 3 is 1.25 bits per heavy atom. The van der Waals surface area contributed by atoms with Crippen LogP contribution in [0.2, 0.25) is 0 Å². The highest BCUT2D eigenvalue weighted by atomic mass is 32.2. The molecule has 3 heteroatoms. The lowest BCUT2D eigenvalue weighted by Gasteiger charge is -1.53. The fourth-order valence-electron chi connectivity index (χ4n) is 0. The highest BCUT2D eigenvalue weighted by Crippen LogP contribution is 1.83. The Hall–Kier alpha value is 0.530. The van der Waals surface area contributed by atoms with Crippen molar-refractivity contribution in [1.82, 2.24) is 0 Å². The van der Waals surface area contributed by atoms with Crippen molar-refractivity contribution >= 4 is 41.0 Å². The van der Waals surface area contributed by atoms with Crippen molar-refractivity contribution in [2.24, 2.45) is 0 Å². The normalized spacial score (nSPS) is 6.00. The molecule has 0 rings (SSSR count). The standard InChI is InChI=1S/CS3/c2-1(3)4. The van der Waals surface area contributed by atoms with Crippen molar-refractivity contribution in [3.63, 3.8) is 0 Å². The second-order valence-corrected chi connectivity index (χ2v) is 2.25. The van der Waals surface area contributed by atoms with Crippen molar-refractivity contribution < 1.29 is 0 Å². The van der Waals surface area contributed by atoms with E-state index in [2.05, 4.69) is 37.5 Å². The summed E-state index contributed by atoms with van der Waals surface area (Å²) in [5.74, 6) is 0. The third-order valence-electron chi connectivity index (χ3n) is 0. The number of rotatable bonds is 0. The molecule has 0 nitrogen and oxygen atoms in total. The SMILES string of the molecule is [S]C([S])=S. The fraction of sp³-hybridized carbons (Fsp3) is 0. The minimum absolute atomic E-state index is 0.167. The van der Waals surface area contributed by atoms with Gasteiger partial charge in [0.2, 0.25) is 0 Å². The van der Waals surface area contributed by atoms with Gasteiger partial charge in [-0.2, -0.15) is 0 Å². The van der Waals surface area contributed by atoms with E-state index in [9.17, 15) is 0 Å². The molecule has 0 unspecified atom stereocenters. The molecule has 0 aliphatic heterocycles. The molecule has 2 radical (unpaired) electrons. The summed E-state index contributed by atoms with van der Waals surface area (Å²) in [6.45, 7) is 0. The van der Waals surface area contributed by atoms with Crippen molar-refractivity contribution in [1.29, 1.82) is 0 Å². The van der Waals surface area contributed by atoms with E-state index < -0.39 is 0 Å². The van der Waals surface area contributed by atoms with Gasteiger partial charge in [-0.3, -0.25) is 0 Å².